The molecule has 0 aliphatic carbocycles. The zero-order valence-corrected chi connectivity index (χ0v) is 11.9. The fourth-order valence-corrected chi connectivity index (χ4v) is 2.60. The van der Waals surface area contributed by atoms with Gasteiger partial charge >= 0.3 is 0 Å². The average molecular weight is 286 g/mol. The number of carbonyl (C=O) groups excluding carboxylic acids is 2. The van der Waals surface area contributed by atoms with Gasteiger partial charge in [0, 0.05) is 19.2 Å². The number of hydrogen-bond acceptors (Lipinski definition) is 3. The number of aryl methyl sites for hydroxylation is 1. The topological polar surface area (TPSA) is 76.0 Å². The quantitative estimate of drug-likeness (QED) is 0.864. The van der Waals surface area contributed by atoms with Gasteiger partial charge in [-0.05, 0) is 37.5 Å². The Bertz CT molecular complexity index is 692. The molecule has 1 saturated heterocycles. The molecule has 1 aliphatic heterocycles. The van der Waals surface area contributed by atoms with Gasteiger partial charge in [0.25, 0.3) is 5.91 Å². The number of aromatic nitrogens is 2. The first-order valence-electron chi connectivity index (χ1n) is 7.15. The summed E-state index contributed by atoms with van der Waals surface area (Å²) >= 11 is 0. The highest BCUT2D eigenvalue weighted by atomic mass is 16.2. The lowest BCUT2D eigenvalue weighted by Gasteiger charge is -2.15. The number of carbonyl (C=O) groups is 2. The third-order valence-corrected chi connectivity index (χ3v) is 3.83. The summed E-state index contributed by atoms with van der Waals surface area (Å²) in [6.07, 6.45) is 4.29. The summed E-state index contributed by atoms with van der Waals surface area (Å²) < 4.78 is 1.90. The second kappa shape index (κ2) is 5.55. The van der Waals surface area contributed by atoms with Crippen molar-refractivity contribution >= 4 is 22.8 Å². The predicted molar refractivity (Wildman–Crippen MR) is 78.8 cm³/mol. The largest absolute Gasteiger partial charge is 0.354 e. The van der Waals surface area contributed by atoms with Crippen molar-refractivity contribution in [1.29, 1.82) is 0 Å². The van der Waals surface area contributed by atoms with Crippen LogP contribution in [0.3, 0.4) is 0 Å². The van der Waals surface area contributed by atoms with Crippen LogP contribution in [-0.2, 0) is 11.8 Å². The van der Waals surface area contributed by atoms with E-state index in [9.17, 15) is 9.59 Å². The van der Waals surface area contributed by atoms with Crippen molar-refractivity contribution in [2.24, 2.45) is 7.05 Å². The highest BCUT2D eigenvalue weighted by Gasteiger charge is 2.23. The van der Waals surface area contributed by atoms with Gasteiger partial charge in [-0.1, -0.05) is 0 Å². The van der Waals surface area contributed by atoms with Gasteiger partial charge in [-0.3, -0.25) is 9.59 Å². The molecule has 21 heavy (non-hydrogen) atoms. The van der Waals surface area contributed by atoms with Crippen LogP contribution < -0.4 is 10.6 Å². The van der Waals surface area contributed by atoms with Crippen molar-refractivity contribution in [3.63, 3.8) is 0 Å². The monoisotopic (exact) mass is 286 g/mol. The molecule has 110 valence electrons. The lowest BCUT2D eigenvalue weighted by molar-refractivity contribution is -0.122. The molecular weight excluding hydrogens is 268 g/mol. The zero-order valence-electron chi connectivity index (χ0n) is 11.9. The smallest absolute Gasteiger partial charge is 0.252 e. The molecule has 0 saturated carbocycles. The minimum atomic E-state index is -0.445. The Kier molecular flexibility index (Phi) is 3.60. The Balaban J connectivity index is 1.78. The lowest BCUT2D eigenvalue weighted by Crippen LogP contribution is -2.45. The van der Waals surface area contributed by atoms with Gasteiger partial charge in [0.1, 0.15) is 6.04 Å². The molecule has 6 nitrogen and oxygen atoms in total. The molecule has 3 rings (SSSR count). The molecular formula is C15H18N4O2. The first-order valence-corrected chi connectivity index (χ1v) is 7.15. The van der Waals surface area contributed by atoms with Gasteiger partial charge in [0.05, 0.1) is 17.4 Å². The fraction of sp³-hybridized carbons (Fsp3) is 0.400. The van der Waals surface area contributed by atoms with Crippen LogP contribution in [0.25, 0.3) is 11.0 Å². The van der Waals surface area contributed by atoms with E-state index in [2.05, 4.69) is 15.6 Å². The Labute approximate surface area is 122 Å². The fourth-order valence-electron chi connectivity index (χ4n) is 2.60. The van der Waals surface area contributed by atoms with Crippen LogP contribution in [0, 0.1) is 0 Å². The first-order chi connectivity index (χ1) is 10.1. The average Bonchev–Trinajstić information content (AvgIpc) is 2.73. The molecule has 1 fully saturated rings. The van der Waals surface area contributed by atoms with E-state index in [4.69, 9.17) is 0 Å². The summed E-state index contributed by atoms with van der Waals surface area (Å²) in [6, 6.07) is 4.93. The normalized spacial score (nSPS) is 19.1. The molecule has 0 spiro atoms. The number of fused-ring (bicyclic) bond motifs is 1. The van der Waals surface area contributed by atoms with E-state index in [-0.39, 0.29) is 11.8 Å². The number of amides is 2. The summed E-state index contributed by atoms with van der Waals surface area (Å²) in [7, 11) is 1.91. The summed E-state index contributed by atoms with van der Waals surface area (Å²) in [5, 5.41) is 5.63. The molecule has 2 aromatic rings. The second-order valence-electron chi connectivity index (χ2n) is 5.37. The van der Waals surface area contributed by atoms with Gasteiger partial charge in [0.2, 0.25) is 5.91 Å². The summed E-state index contributed by atoms with van der Waals surface area (Å²) in [5.74, 6) is -0.329. The highest BCUT2D eigenvalue weighted by molar-refractivity contribution is 5.99. The Morgan fingerprint density at radius 1 is 1.43 bits per heavy atom. The van der Waals surface area contributed by atoms with Crippen LogP contribution in [-0.4, -0.2) is 34.0 Å². The minimum Gasteiger partial charge on any atom is -0.354 e. The molecule has 1 aromatic heterocycles. The third kappa shape index (κ3) is 2.74. The second-order valence-corrected chi connectivity index (χ2v) is 5.37. The number of rotatable bonds is 2. The number of hydrogen-bond donors (Lipinski definition) is 2. The first kappa shape index (κ1) is 13.6. The maximum Gasteiger partial charge on any atom is 0.252 e. The van der Waals surface area contributed by atoms with Crippen LogP contribution >= 0.6 is 0 Å². The maximum atomic E-state index is 12.3. The summed E-state index contributed by atoms with van der Waals surface area (Å²) in [4.78, 5) is 28.4. The molecule has 0 radical (unpaired) electrons. The van der Waals surface area contributed by atoms with Crippen molar-refractivity contribution < 1.29 is 9.59 Å². The van der Waals surface area contributed by atoms with E-state index >= 15 is 0 Å². The molecule has 2 heterocycles. The van der Waals surface area contributed by atoms with E-state index in [1.807, 2.05) is 17.7 Å². The van der Waals surface area contributed by atoms with Crippen molar-refractivity contribution in [2.75, 3.05) is 6.54 Å². The summed E-state index contributed by atoms with van der Waals surface area (Å²) in [6.45, 7) is 0.686. The SMILES string of the molecule is Cn1cnc2cc(C(=O)N[C@H]3CCCCNC3=O)ccc21. The van der Waals surface area contributed by atoms with Crippen LogP contribution in [0.15, 0.2) is 24.5 Å². The van der Waals surface area contributed by atoms with Crippen molar-refractivity contribution in [3.05, 3.63) is 30.1 Å². The molecule has 0 unspecified atom stereocenters. The van der Waals surface area contributed by atoms with Crippen LogP contribution in [0.2, 0.25) is 0 Å². The number of imidazole rings is 1. The molecule has 2 amide bonds. The molecule has 0 bridgehead atoms. The van der Waals surface area contributed by atoms with Gasteiger partial charge in [0.15, 0.2) is 0 Å². The van der Waals surface area contributed by atoms with Crippen molar-refractivity contribution in [3.8, 4) is 0 Å². The standard InChI is InChI=1S/C15H18N4O2/c1-19-9-17-12-8-10(5-6-13(12)19)14(20)18-11-4-2-3-7-16-15(11)21/h5-6,8-9,11H,2-4,7H2,1H3,(H,16,21)(H,18,20)/t11-/m0/s1. The number of nitrogens with zero attached hydrogens (tertiary/aromatic N) is 2. The van der Waals surface area contributed by atoms with E-state index < -0.39 is 6.04 Å². The van der Waals surface area contributed by atoms with E-state index in [1.165, 1.54) is 0 Å². The highest BCUT2D eigenvalue weighted by Crippen LogP contribution is 2.14. The Morgan fingerprint density at radius 2 is 2.29 bits per heavy atom. The molecule has 1 atom stereocenters. The molecule has 1 aliphatic rings. The molecule has 1 aromatic carbocycles. The van der Waals surface area contributed by atoms with E-state index in [0.29, 0.717) is 18.5 Å². The van der Waals surface area contributed by atoms with Crippen LogP contribution in [0.5, 0.6) is 0 Å². The number of benzene rings is 1. The van der Waals surface area contributed by atoms with Crippen molar-refractivity contribution in [2.45, 2.75) is 25.3 Å². The lowest BCUT2D eigenvalue weighted by atomic mass is 10.1. The van der Waals surface area contributed by atoms with Gasteiger partial charge in [-0.25, -0.2) is 4.98 Å². The Hall–Kier alpha value is -2.37. The summed E-state index contributed by atoms with van der Waals surface area (Å²) in [5.41, 5.74) is 2.27. The number of nitrogens with one attached hydrogen (secondary N) is 2. The molecule has 6 heteroatoms. The predicted octanol–water partition coefficient (Wildman–Crippen LogP) is 0.972. The van der Waals surface area contributed by atoms with Crippen molar-refractivity contribution in [1.82, 2.24) is 20.2 Å². The third-order valence-electron chi connectivity index (χ3n) is 3.83. The Morgan fingerprint density at radius 3 is 3.14 bits per heavy atom. The van der Waals surface area contributed by atoms with Gasteiger partial charge in [-0.15, -0.1) is 0 Å². The van der Waals surface area contributed by atoms with E-state index in [0.717, 1.165) is 23.9 Å². The molecule has 2 N–H and O–H groups in total. The van der Waals surface area contributed by atoms with Gasteiger partial charge in [-0.2, -0.15) is 0 Å². The maximum absolute atomic E-state index is 12.3. The van der Waals surface area contributed by atoms with Crippen LogP contribution in [0.4, 0.5) is 0 Å². The zero-order chi connectivity index (χ0) is 14.8. The van der Waals surface area contributed by atoms with Crippen LogP contribution in [0.1, 0.15) is 29.6 Å². The van der Waals surface area contributed by atoms with E-state index in [1.54, 1.807) is 18.5 Å². The minimum absolute atomic E-state index is 0.0974. The van der Waals surface area contributed by atoms with Gasteiger partial charge < -0.3 is 15.2 Å².